The van der Waals surface area contributed by atoms with Crippen LogP contribution in [0.5, 0.6) is 0 Å². The lowest BCUT2D eigenvalue weighted by Crippen LogP contribution is -2.53. The van der Waals surface area contributed by atoms with Crippen molar-refractivity contribution < 1.29 is 14.0 Å². The third kappa shape index (κ3) is 3.56. The van der Waals surface area contributed by atoms with Crippen molar-refractivity contribution in [2.45, 2.75) is 25.8 Å². The van der Waals surface area contributed by atoms with Gasteiger partial charge in [0, 0.05) is 19.3 Å². The van der Waals surface area contributed by atoms with Crippen LogP contribution in [0.4, 0.5) is 10.1 Å². The summed E-state index contributed by atoms with van der Waals surface area (Å²) < 4.78 is 14.7. The largest absolute Gasteiger partial charge is 0.328 e. The van der Waals surface area contributed by atoms with Crippen LogP contribution in [-0.4, -0.2) is 51.3 Å². The number of hydrogen-bond acceptors (Lipinski definition) is 4. The molecule has 1 fully saturated rings. The Bertz CT molecular complexity index is 1060. The number of hydrogen-bond donors (Lipinski definition) is 0. The number of benzene rings is 2. The van der Waals surface area contributed by atoms with Crippen molar-refractivity contribution in [2.24, 2.45) is 0 Å². The van der Waals surface area contributed by atoms with Crippen LogP contribution in [0.2, 0.25) is 0 Å². The number of piperidine rings is 1. The van der Waals surface area contributed by atoms with E-state index >= 15 is 0 Å². The Hall–Kier alpha value is -3.55. The topological polar surface area (TPSA) is 71.3 Å². The van der Waals surface area contributed by atoms with Crippen LogP contribution < -0.4 is 4.90 Å². The number of halogens is 1. The van der Waals surface area contributed by atoms with Crippen molar-refractivity contribution in [1.82, 2.24) is 19.9 Å². The highest BCUT2D eigenvalue weighted by atomic mass is 19.1. The molecule has 1 atom stereocenters. The molecule has 1 aliphatic rings. The molecule has 2 amide bonds. The minimum absolute atomic E-state index is 0.105. The predicted molar refractivity (Wildman–Crippen MR) is 110 cm³/mol. The van der Waals surface area contributed by atoms with Crippen molar-refractivity contribution in [3.63, 3.8) is 0 Å². The number of carbonyl (C=O) groups excluding carboxylic acids is 2. The zero-order chi connectivity index (χ0) is 21.3. The van der Waals surface area contributed by atoms with Crippen molar-refractivity contribution in [2.75, 3.05) is 18.5 Å². The minimum atomic E-state index is -0.568. The second kappa shape index (κ2) is 8.06. The lowest BCUT2D eigenvalue weighted by atomic mass is 10.0. The van der Waals surface area contributed by atoms with Gasteiger partial charge < -0.3 is 9.80 Å². The average Bonchev–Trinajstić information content (AvgIpc) is 3.15. The minimum Gasteiger partial charge on any atom is -0.328 e. The van der Waals surface area contributed by atoms with Gasteiger partial charge in [-0.1, -0.05) is 23.4 Å². The Morgan fingerprint density at radius 1 is 1.10 bits per heavy atom. The molecule has 1 saturated heterocycles. The smallest absolute Gasteiger partial charge is 0.276 e. The lowest BCUT2D eigenvalue weighted by Gasteiger charge is -2.36. The van der Waals surface area contributed by atoms with Crippen molar-refractivity contribution in [1.29, 1.82) is 0 Å². The zero-order valence-corrected chi connectivity index (χ0v) is 16.8. The van der Waals surface area contributed by atoms with Crippen LogP contribution in [0.3, 0.4) is 0 Å². The van der Waals surface area contributed by atoms with Gasteiger partial charge in [0.2, 0.25) is 5.91 Å². The maximum atomic E-state index is 13.2. The van der Waals surface area contributed by atoms with E-state index in [2.05, 4.69) is 10.3 Å². The van der Waals surface area contributed by atoms with E-state index in [4.69, 9.17) is 0 Å². The Kier molecular flexibility index (Phi) is 5.31. The molecule has 30 heavy (non-hydrogen) atoms. The van der Waals surface area contributed by atoms with Crippen molar-refractivity contribution in [3.8, 4) is 5.69 Å². The van der Waals surface area contributed by atoms with E-state index in [9.17, 15) is 14.0 Å². The van der Waals surface area contributed by atoms with Gasteiger partial charge in [-0.05, 0) is 56.2 Å². The average molecular weight is 407 g/mol. The van der Waals surface area contributed by atoms with Crippen LogP contribution in [0.25, 0.3) is 5.69 Å². The zero-order valence-electron chi connectivity index (χ0n) is 16.8. The van der Waals surface area contributed by atoms with Crippen molar-refractivity contribution >= 4 is 17.5 Å². The quantitative estimate of drug-likeness (QED) is 0.667. The summed E-state index contributed by atoms with van der Waals surface area (Å²) in [6, 6.07) is 14.7. The van der Waals surface area contributed by atoms with Crippen LogP contribution in [-0.2, 0) is 4.79 Å². The molecule has 3 aromatic rings. The number of amides is 2. The summed E-state index contributed by atoms with van der Waals surface area (Å²) in [6.45, 7) is 2.35. The number of carbonyl (C=O) groups is 2. The first kappa shape index (κ1) is 19.8. The molecular formula is C22H22FN5O2. The Morgan fingerprint density at radius 3 is 2.50 bits per heavy atom. The van der Waals surface area contributed by atoms with Gasteiger partial charge in [0.1, 0.15) is 11.9 Å². The fourth-order valence-electron chi connectivity index (χ4n) is 3.74. The van der Waals surface area contributed by atoms with Gasteiger partial charge in [0.25, 0.3) is 5.91 Å². The maximum Gasteiger partial charge on any atom is 0.276 e. The molecule has 0 N–H and O–H groups in total. The Balaban J connectivity index is 1.56. The molecule has 0 saturated carbocycles. The molecule has 7 nitrogen and oxygen atoms in total. The van der Waals surface area contributed by atoms with E-state index in [-0.39, 0.29) is 23.3 Å². The Morgan fingerprint density at radius 2 is 1.80 bits per heavy atom. The molecule has 1 aliphatic heterocycles. The molecule has 8 heteroatoms. The van der Waals surface area contributed by atoms with Gasteiger partial charge in [-0.3, -0.25) is 9.59 Å². The molecule has 0 spiro atoms. The summed E-state index contributed by atoms with van der Waals surface area (Å²) >= 11 is 0. The third-order valence-electron chi connectivity index (χ3n) is 5.43. The summed E-state index contributed by atoms with van der Waals surface area (Å²) in [5.41, 5.74) is 2.13. The molecule has 0 aliphatic carbocycles. The van der Waals surface area contributed by atoms with E-state index in [0.29, 0.717) is 24.3 Å². The van der Waals surface area contributed by atoms with Crippen LogP contribution in [0, 0.1) is 12.7 Å². The number of nitrogens with zero attached hydrogens (tertiary/aromatic N) is 5. The molecule has 0 bridgehead atoms. The molecule has 4 rings (SSSR count). The first-order chi connectivity index (χ1) is 14.5. The van der Waals surface area contributed by atoms with Gasteiger partial charge in [0.15, 0.2) is 5.69 Å². The van der Waals surface area contributed by atoms with E-state index in [1.165, 1.54) is 21.7 Å². The number of rotatable bonds is 4. The molecule has 154 valence electrons. The molecular weight excluding hydrogens is 385 g/mol. The highest BCUT2D eigenvalue weighted by Crippen LogP contribution is 2.24. The predicted octanol–water partition coefficient (Wildman–Crippen LogP) is 2.98. The van der Waals surface area contributed by atoms with Gasteiger partial charge in [-0.15, -0.1) is 5.10 Å². The van der Waals surface area contributed by atoms with E-state index in [0.717, 1.165) is 12.1 Å². The third-order valence-corrected chi connectivity index (χ3v) is 5.43. The second-order valence-electron chi connectivity index (χ2n) is 7.31. The number of para-hydroxylation sites is 1. The van der Waals surface area contributed by atoms with E-state index < -0.39 is 6.04 Å². The summed E-state index contributed by atoms with van der Waals surface area (Å²) in [4.78, 5) is 29.4. The first-order valence-electron chi connectivity index (χ1n) is 9.79. The maximum absolute atomic E-state index is 13.2. The van der Waals surface area contributed by atoms with Crippen LogP contribution in [0.1, 0.15) is 29.0 Å². The number of likely N-dealkylation sites (N-methyl/N-ethyl adjacent to an activating group) is 1. The lowest BCUT2D eigenvalue weighted by molar-refractivity contribution is -0.124. The number of anilines is 1. The summed E-state index contributed by atoms with van der Waals surface area (Å²) in [5.74, 6) is -0.827. The molecule has 1 unspecified atom stereocenters. The summed E-state index contributed by atoms with van der Waals surface area (Å²) in [7, 11) is 1.62. The standard InChI is InChI=1S/C22H22FN5O2/c1-15-20(24-25-28(15)18-12-10-16(23)11-13-18)22(30)26(2)19-9-6-14-27(21(19)29)17-7-4-3-5-8-17/h3-5,7-8,10-13,19H,6,9,14H2,1-2H3. The second-order valence-corrected chi connectivity index (χ2v) is 7.31. The molecule has 2 heterocycles. The van der Waals surface area contributed by atoms with Gasteiger partial charge >= 0.3 is 0 Å². The van der Waals surface area contributed by atoms with Gasteiger partial charge in [-0.2, -0.15) is 0 Å². The van der Waals surface area contributed by atoms with Crippen LogP contribution in [0.15, 0.2) is 54.6 Å². The van der Waals surface area contributed by atoms with E-state index in [1.807, 2.05) is 30.3 Å². The van der Waals surface area contributed by atoms with Gasteiger partial charge in [-0.25, -0.2) is 9.07 Å². The SMILES string of the molecule is Cc1c(C(=O)N(C)C2CCCN(c3ccccc3)C2=O)nnn1-c1ccc(F)cc1. The number of aromatic nitrogens is 3. The molecule has 2 aromatic carbocycles. The summed E-state index contributed by atoms with van der Waals surface area (Å²) in [5, 5.41) is 8.08. The highest BCUT2D eigenvalue weighted by molar-refractivity contribution is 6.02. The Labute approximate surface area is 173 Å². The normalized spacial score (nSPS) is 16.6. The van der Waals surface area contributed by atoms with E-state index in [1.54, 1.807) is 31.0 Å². The first-order valence-corrected chi connectivity index (χ1v) is 9.79. The molecule has 1 aromatic heterocycles. The fourth-order valence-corrected chi connectivity index (χ4v) is 3.74. The monoisotopic (exact) mass is 407 g/mol. The van der Waals surface area contributed by atoms with Crippen LogP contribution >= 0.6 is 0 Å². The van der Waals surface area contributed by atoms with Crippen molar-refractivity contribution in [3.05, 3.63) is 71.8 Å². The highest BCUT2D eigenvalue weighted by Gasteiger charge is 2.36. The van der Waals surface area contributed by atoms with Gasteiger partial charge in [0.05, 0.1) is 11.4 Å². The summed E-state index contributed by atoms with van der Waals surface area (Å²) in [6.07, 6.45) is 1.39. The molecule has 0 radical (unpaired) electrons. The fraction of sp³-hybridized carbons (Fsp3) is 0.273.